The van der Waals surface area contributed by atoms with Gasteiger partial charge >= 0.3 is 6.01 Å². The molecular weight excluding hydrogens is 188 g/mol. The molecule has 7 nitrogen and oxygen atoms in total. The van der Waals surface area contributed by atoms with Crippen molar-refractivity contribution in [3.8, 4) is 6.01 Å². The van der Waals surface area contributed by atoms with Gasteiger partial charge in [-0.15, -0.1) is 5.10 Å². The molecule has 78 valence electrons. The SMILES string of the molecule is CCOc1n[nH]c(NC(=O)COC)n1. The lowest BCUT2D eigenvalue weighted by atomic mass is 10.6. The van der Waals surface area contributed by atoms with Crippen molar-refractivity contribution in [1.29, 1.82) is 0 Å². The van der Waals surface area contributed by atoms with Crippen LogP contribution in [0.5, 0.6) is 6.01 Å². The minimum Gasteiger partial charge on any atom is -0.463 e. The summed E-state index contributed by atoms with van der Waals surface area (Å²) in [5.41, 5.74) is 0. The van der Waals surface area contributed by atoms with E-state index >= 15 is 0 Å². The predicted molar refractivity (Wildman–Crippen MR) is 48.1 cm³/mol. The summed E-state index contributed by atoms with van der Waals surface area (Å²) in [5, 5.41) is 8.66. The normalized spacial score (nSPS) is 9.86. The highest BCUT2D eigenvalue weighted by Crippen LogP contribution is 2.04. The number of methoxy groups -OCH3 is 1. The molecule has 0 aliphatic heterocycles. The monoisotopic (exact) mass is 200 g/mol. The number of hydrogen-bond acceptors (Lipinski definition) is 5. The van der Waals surface area contributed by atoms with Crippen molar-refractivity contribution in [2.45, 2.75) is 6.92 Å². The van der Waals surface area contributed by atoms with Gasteiger partial charge in [0.25, 0.3) is 5.91 Å². The van der Waals surface area contributed by atoms with Crippen LogP contribution in [-0.4, -0.2) is 41.4 Å². The average Bonchev–Trinajstić information content (AvgIpc) is 2.53. The van der Waals surface area contributed by atoms with Gasteiger partial charge < -0.3 is 9.47 Å². The van der Waals surface area contributed by atoms with E-state index in [9.17, 15) is 4.79 Å². The van der Waals surface area contributed by atoms with Crippen molar-refractivity contribution < 1.29 is 14.3 Å². The van der Waals surface area contributed by atoms with Gasteiger partial charge in [-0.2, -0.15) is 4.98 Å². The minimum atomic E-state index is -0.299. The first kappa shape index (κ1) is 10.5. The number of nitrogens with one attached hydrogen (secondary N) is 2. The van der Waals surface area contributed by atoms with Crippen molar-refractivity contribution in [2.24, 2.45) is 0 Å². The lowest BCUT2D eigenvalue weighted by Gasteiger charge is -1.98. The lowest BCUT2D eigenvalue weighted by Crippen LogP contribution is -2.17. The number of anilines is 1. The van der Waals surface area contributed by atoms with Crippen molar-refractivity contribution >= 4 is 11.9 Å². The van der Waals surface area contributed by atoms with Gasteiger partial charge in [-0.3, -0.25) is 10.1 Å². The summed E-state index contributed by atoms with van der Waals surface area (Å²) >= 11 is 0. The number of carbonyl (C=O) groups is 1. The highest BCUT2D eigenvalue weighted by atomic mass is 16.5. The molecule has 1 rings (SSSR count). The summed E-state index contributed by atoms with van der Waals surface area (Å²) in [6, 6.07) is 0.209. The first-order valence-electron chi connectivity index (χ1n) is 4.10. The highest BCUT2D eigenvalue weighted by molar-refractivity contribution is 5.89. The second-order valence-electron chi connectivity index (χ2n) is 2.38. The van der Waals surface area contributed by atoms with E-state index in [0.29, 0.717) is 6.61 Å². The van der Waals surface area contributed by atoms with E-state index in [4.69, 9.17) is 4.74 Å². The van der Waals surface area contributed by atoms with Crippen molar-refractivity contribution in [2.75, 3.05) is 25.6 Å². The third-order valence-electron chi connectivity index (χ3n) is 1.27. The van der Waals surface area contributed by atoms with Gasteiger partial charge in [-0.1, -0.05) is 0 Å². The zero-order valence-corrected chi connectivity index (χ0v) is 8.03. The van der Waals surface area contributed by atoms with E-state index < -0.39 is 0 Å². The first-order valence-corrected chi connectivity index (χ1v) is 4.10. The Hall–Kier alpha value is -1.63. The second-order valence-corrected chi connectivity index (χ2v) is 2.38. The number of aromatic nitrogens is 3. The predicted octanol–water partition coefficient (Wildman–Crippen LogP) is -0.212. The number of ether oxygens (including phenoxy) is 2. The molecule has 2 N–H and O–H groups in total. The maximum absolute atomic E-state index is 11.0. The number of aromatic amines is 1. The van der Waals surface area contributed by atoms with Crippen LogP contribution in [0.4, 0.5) is 5.95 Å². The molecule has 0 bridgehead atoms. The fourth-order valence-corrected chi connectivity index (χ4v) is 0.795. The van der Waals surface area contributed by atoms with Crippen LogP contribution in [-0.2, 0) is 9.53 Å². The van der Waals surface area contributed by atoms with Crippen LogP contribution in [0.1, 0.15) is 6.92 Å². The van der Waals surface area contributed by atoms with Crippen LogP contribution in [0.25, 0.3) is 0 Å². The van der Waals surface area contributed by atoms with Crippen molar-refractivity contribution in [3.63, 3.8) is 0 Å². The Balaban J connectivity index is 2.46. The molecule has 0 aliphatic carbocycles. The van der Waals surface area contributed by atoms with Gasteiger partial charge in [0.15, 0.2) is 0 Å². The molecule has 14 heavy (non-hydrogen) atoms. The number of amides is 1. The summed E-state index contributed by atoms with van der Waals surface area (Å²) < 4.78 is 9.62. The standard InChI is InChI=1S/C7H12N4O3/c1-3-14-7-9-6(10-11-7)8-5(12)4-13-2/h3-4H2,1-2H3,(H2,8,9,10,11,12). The third kappa shape index (κ3) is 3.02. The number of carbonyl (C=O) groups excluding carboxylic acids is 1. The Labute approximate surface area is 80.8 Å². The average molecular weight is 200 g/mol. The molecule has 1 heterocycles. The Bertz CT molecular complexity index is 299. The van der Waals surface area contributed by atoms with Gasteiger partial charge in [0.2, 0.25) is 5.95 Å². The van der Waals surface area contributed by atoms with Gasteiger partial charge in [-0.05, 0) is 6.92 Å². The molecule has 0 aliphatic rings. The summed E-state index contributed by atoms with van der Waals surface area (Å²) in [6.45, 7) is 2.27. The Morgan fingerprint density at radius 3 is 3.07 bits per heavy atom. The van der Waals surface area contributed by atoms with Crippen LogP contribution in [0.15, 0.2) is 0 Å². The molecule has 0 unspecified atom stereocenters. The molecular formula is C7H12N4O3. The molecule has 1 aromatic rings. The Morgan fingerprint density at radius 2 is 2.43 bits per heavy atom. The second kappa shape index (κ2) is 5.18. The molecule has 0 spiro atoms. The summed E-state index contributed by atoms with van der Waals surface area (Å²) in [6.07, 6.45) is 0. The summed E-state index contributed by atoms with van der Waals surface area (Å²) in [7, 11) is 1.44. The summed E-state index contributed by atoms with van der Waals surface area (Å²) in [4.78, 5) is 14.9. The maximum atomic E-state index is 11.0. The van der Waals surface area contributed by atoms with Crippen molar-refractivity contribution in [1.82, 2.24) is 15.2 Å². The van der Waals surface area contributed by atoms with Crippen LogP contribution in [0, 0.1) is 0 Å². The van der Waals surface area contributed by atoms with Crippen LogP contribution in [0.2, 0.25) is 0 Å². The number of H-pyrrole nitrogens is 1. The van der Waals surface area contributed by atoms with Crippen LogP contribution in [0.3, 0.4) is 0 Å². The molecule has 0 aromatic carbocycles. The molecule has 0 saturated carbocycles. The molecule has 0 fully saturated rings. The minimum absolute atomic E-state index is 0.0231. The summed E-state index contributed by atoms with van der Waals surface area (Å²) in [5.74, 6) is -0.0535. The topological polar surface area (TPSA) is 89.1 Å². The van der Waals surface area contributed by atoms with Gasteiger partial charge in [0.05, 0.1) is 6.61 Å². The number of hydrogen-bond donors (Lipinski definition) is 2. The highest BCUT2D eigenvalue weighted by Gasteiger charge is 2.06. The number of rotatable bonds is 5. The Morgan fingerprint density at radius 1 is 1.64 bits per heavy atom. The van der Waals surface area contributed by atoms with E-state index in [1.54, 1.807) is 0 Å². The van der Waals surface area contributed by atoms with Gasteiger partial charge in [0, 0.05) is 7.11 Å². The zero-order chi connectivity index (χ0) is 10.4. The smallest absolute Gasteiger partial charge is 0.337 e. The van der Waals surface area contributed by atoms with E-state index in [1.165, 1.54) is 7.11 Å². The largest absolute Gasteiger partial charge is 0.463 e. The van der Waals surface area contributed by atoms with E-state index in [2.05, 4.69) is 25.2 Å². The van der Waals surface area contributed by atoms with Crippen LogP contribution >= 0.6 is 0 Å². The maximum Gasteiger partial charge on any atom is 0.337 e. The molecule has 0 atom stereocenters. The molecule has 0 saturated heterocycles. The van der Waals surface area contributed by atoms with Gasteiger partial charge in [0.1, 0.15) is 6.61 Å². The number of nitrogens with zero attached hydrogens (tertiary/aromatic N) is 2. The molecule has 0 radical (unpaired) electrons. The molecule has 1 aromatic heterocycles. The third-order valence-corrected chi connectivity index (χ3v) is 1.27. The molecule has 1 amide bonds. The fraction of sp³-hybridized carbons (Fsp3) is 0.571. The van der Waals surface area contributed by atoms with Gasteiger partial charge in [-0.25, -0.2) is 5.10 Å². The Kier molecular flexibility index (Phi) is 3.86. The van der Waals surface area contributed by atoms with E-state index in [-0.39, 0.29) is 24.5 Å². The van der Waals surface area contributed by atoms with E-state index in [1.807, 2.05) is 6.92 Å². The lowest BCUT2D eigenvalue weighted by molar-refractivity contribution is -0.119. The molecule has 7 heteroatoms. The first-order chi connectivity index (χ1) is 6.76. The van der Waals surface area contributed by atoms with E-state index in [0.717, 1.165) is 0 Å². The zero-order valence-electron chi connectivity index (χ0n) is 8.03. The quantitative estimate of drug-likeness (QED) is 0.686. The fourth-order valence-electron chi connectivity index (χ4n) is 0.795. The van der Waals surface area contributed by atoms with Crippen LogP contribution < -0.4 is 10.1 Å². The van der Waals surface area contributed by atoms with Crippen molar-refractivity contribution in [3.05, 3.63) is 0 Å².